The monoisotopic (exact) mass is 303 g/mol. The van der Waals surface area contributed by atoms with Crippen LogP contribution in [0.4, 0.5) is 0 Å². The highest BCUT2D eigenvalue weighted by molar-refractivity contribution is 8.00. The zero-order valence-corrected chi connectivity index (χ0v) is 13.1. The van der Waals surface area contributed by atoms with Gasteiger partial charge in [0, 0.05) is 24.7 Å². The second-order valence-corrected chi connectivity index (χ2v) is 5.75. The fourth-order valence-electron chi connectivity index (χ4n) is 2.00. The van der Waals surface area contributed by atoms with Gasteiger partial charge in [-0.2, -0.15) is 0 Å². The van der Waals surface area contributed by atoms with E-state index in [4.69, 9.17) is 4.74 Å². The van der Waals surface area contributed by atoms with Gasteiger partial charge in [0.1, 0.15) is 0 Å². The van der Waals surface area contributed by atoms with Crippen molar-refractivity contribution in [3.8, 4) is 0 Å². The summed E-state index contributed by atoms with van der Waals surface area (Å²) in [7, 11) is 0. The standard InChI is InChI=1S/C17H21NO2S/c1-2-20-11-5-10-18-17(19)13-21-16-9-8-14-6-3-4-7-15(14)12-16/h3-4,6-9,12H,2,5,10-11,13H2,1H3,(H,18,19). The van der Waals surface area contributed by atoms with Gasteiger partial charge in [-0.15, -0.1) is 11.8 Å². The molecule has 0 aliphatic carbocycles. The van der Waals surface area contributed by atoms with E-state index in [2.05, 4.69) is 35.6 Å². The maximum atomic E-state index is 11.7. The van der Waals surface area contributed by atoms with Crippen LogP contribution in [-0.2, 0) is 9.53 Å². The minimum Gasteiger partial charge on any atom is -0.382 e. The number of benzene rings is 2. The van der Waals surface area contributed by atoms with E-state index < -0.39 is 0 Å². The Labute approximate surface area is 130 Å². The molecule has 2 rings (SSSR count). The Bertz CT molecular complexity index is 586. The van der Waals surface area contributed by atoms with E-state index in [-0.39, 0.29) is 5.91 Å². The molecule has 0 fully saturated rings. The first-order chi connectivity index (χ1) is 10.3. The smallest absolute Gasteiger partial charge is 0.230 e. The van der Waals surface area contributed by atoms with Gasteiger partial charge in [-0.3, -0.25) is 4.79 Å². The summed E-state index contributed by atoms with van der Waals surface area (Å²) in [5, 5.41) is 5.34. The number of hydrogen-bond donors (Lipinski definition) is 1. The molecule has 3 nitrogen and oxygen atoms in total. The molecule has 0 aliphatic rings. The van der Waals surface area contributed by atoms with E-state index in [0.717, 1.165) is 17.9 Å². The summed E-state index contributed by atoms with van der Waals surface area (Å²) in [6, 6.07) is 14.5. The van der Waals surface area contributed by atoms with Gasteiger partial charge in [-0.25, -0.2) is 0 Å². The van der Waals surface area contributed by atoms with Crippen molar-refractivity contribution in [3.63, 3.8) is 0 Å². The van der Waals surface area contributed by atoms with Crippen LogP contribution in [0.15, 0.2) is 47.4 Å². The average molecular weight is 303 g/mol. The van der Waals surface area contributed by atoms with E-state index in [0.29, 0.717) is 18.9 Å². The number of carbonyl (C=O) groups is 1. The molecule has 1 amide bonds. The zero-order chi connectivity index (χ0) is 14.9. The number of thioether (sulfide) groups is 1. The molecule has 0 saturated heterocycles. The normalized spacial score (nSPS) is 10.7. The molecule has 21 heavy (non-hydrogen) atoms. The number of fused-ring (bicyclic) bond motifs is 1. The van der Waals surface area contributed by atoms with E-state index in [1.807, 2.05) is 19.1 Å². The topological polar surface area (TPSA) is 38.3 Å². The molecular weight excluding hydrogens is 282 g/mol. The van der Waals surface area contributed by atoms with Crippen molar-refractivity contribution in [1.29, 1.82) is 0 Å². The SMILES string of the molecule is CCOCCCNC(=O)CSc1ccc2ccccc2c1. The third-order valence-electron chi connectivity index (χ3n) is 3.08. The number of amides is 1. The fraction of sp³-hybridized carbons (Fsp3) is 0.353. The van der Waals surface area contributed by atoms with E-state index in [1.54, 1.807) is 11.8 Å². The summed E-state index contributed by atoms with van der Waals surface area (Å²) in [6.45, 7) is 4.08. The molecule has 0 heterocycles. The van der Waals surface area contributed by atoms with Crippen LogP contribution in [-0.4, -0.2) is 31.4 Å². The Kier molecular flexibility index (Phi) is 6.57. The number of carbonyl (C=O) groups excluding carboxylic acids is 1. The number of hydrogen-bond acceptors (Lipinski definition) is 3. The van der Waals surface area contributed by atoms with Gasteiger partial charge in [0.2, 0.25) is 5.91 Å². The third kappa shape index (κ3) is 5.40. The molecule has 0 spiro atoms. The summed E-state index contributed by atoms with van der Waals surface area (Å²) in [6.07, 6.45) is 0.861. The molecule has 0 aromatic heterocycles. The van der Waals surface area contributed by atoms with Crippen LogP contribution in [0.1, 0.15) is 13.3 Å². The summed E-state index contributed by atoms with van der Waals surface area (Å²) >= 11 is 1.57. The number of rotatable bonds is 8. The average Bonchev–Trinajstić information content (AvgIpc) is 2.52. The molecule has 0 atom stereocenters. The van der Waals surface area contributed by atoms with Crippen LogP contribution < -0.4 is 5.32 Å². The predicted molar refractivity (Wildman–Crippen MR) is 88.8 cm³/mol. The molecule has 112 valence electrons. The summed E-state index contributed by atoms with van der Waals surface area (Å²) < 4.78 is 5.23. The maximum Gasteiger partial charge on any atom is 0.230 e. The predicted octanol–water partition coefficient (Wildman–Crippen LogP) is 3.47. The Morgan fingerprint density at radius 3 is 2.81 bits per heavy atom. The van der Waals surface area contributed by atoms with E-state index in [9.17, 15) is 4.79 Å². The quantitative estimate of drug-likeness (QED) is 0.599. The summed E-state index contributed by atoms with van der Waals surface area (Å²) in [4.78, 5) is 12.9. The van der Waals surface area contributed by atoms with Crippen LogP contribution in [0.3, 0.4) is 0 Å². The van der Waals surface area contributed by atoms with Crippen LogP contribution in [0, 0.1) is 0 Å². The molecular formula is C17H21NO2S. The van der Waals surface area contributed by atoms with E-state index in [1.165, 1.54) is 10.8 Å². The van der Waals surface area contributed by atoms with Crippen LogP contribution in [0.2, 0.25) is 0 Å². The van der Waals surface area contributed by atoms with Crippen molar-refractivity contribution >= 4 is 28.4 Å². The fourth-order valence-corrected chi connectivity index (χ4v) is 2.78. The van der Waals surface area contributed by atoms with Gasteiger partial charge < -0.3 is 10.1 Å². The summed E-state index contributed by atoms with van der Waals surface area (Å²) in [5.74, 6) is 0.525. The largest absolute Gasteiger partial charge is 0.382 e. The lowest BCUT2D eigenvalue weighted by Crippen LogP contribution is -2.26. The molecule has 0 bridgehead atoms. The molecule has 2 aromatic rings. The number of nitrogens with one attached hydrogen (secondary N) is 1. The van der Waals surface area contributed by atoms with Crippen LogP contribution in [0.5, 0.6) is 0 Å². The Morgan fingerprint density at radius 1 is 1.19 bits per heavy atom. The van der Waals surface area contributed by atoms with Crippen LogP contribution in [0.25, 0.3) is 10.8 Å². The first kappa shape index (κ1) is 15.9. The molecule has 1 N–H and O–H groups in total. The molecule has 2 aromatic carbocycles. The van der Waals surface area contributed by atoms with E-state index >= 15 is 0 Å². The van der Waals surface area contributed by atoms with Crippen molar-refractivity contribution in [2.45, 2.75) is 18.2 Å². The molecule has 4 heteroatoms. The number of ether oxygens (including phenoxy) is 1. The highest BCUT2D eigenvalue weighted by atomic mass is 32.2. The van der Waals surface area contributed by atoms with Crippen molar-refractivity contribution < 1.29 is 9.53 Å². The van der Waals surface area contributed by atoms with Gasteiger partial charge in [-0.1, -0.05) is 30.3 Å². The summed E-state index contributed by atoms with van der Waals surface area (Å²) in [5.41, 5.74) is 0. The van der Waals surface area contributed by atoms with Crippen molar-refractivity contribution in [1.82, 2.24) is 5.32 Å². The second kappa shape index (κ2) is 8.70. The zero-order valence-electron chi connectivity index (χ0n) is 12.3. The third-order valence-corrected chi connectivity index (χ3v) is 4.08. The lowest BCUT2D eigenvalue weighted by atomic mass is 10.1. The van der Waals surface area contributed by atoms with Crippen molar-refractivity contribution in [2.75, 3.05) is 25.5 Å². The van der Waals surface area contributed by atoms with Gasteiger partial charge in [-0.05, 0) is 36.2 Å². The van der Waals surface area contributed by atoms with Crippen LogP contribution >= 0.6 is 11.8 Å². The Balaban J connectivity index is 1.75. The minimum absolute atomic E-state index is 0.0738. The first-order valence-electron chi connectivity index (χ1n) is 7.25. The minimum atomic E-state index is 0.0738. The molecule has 0 aliphatic heterocycles. The van der Waals surface area contributed by atoms with Crippen molar-refractivity contribution in [3.05, 3.63) is 42.5 Å². The first-order valence-corrected chi connectivity index (χ1v) is 8.24. The lowest BCUT2D eigenvalue weighted by molar-refractivity contribution is -0.118. The Hall–Kier alpha value is -1.52. The molecule has 0 saturated carbocycles. The molecule has 0 unspecified atom stereocenters. The lowest BCUT2D eigenvalue weighted by Gasteiger charge is -2.06. The maximum absolute atomic E-state index is 11.7. The second-order valence-electron chi connectivity index (χ2n) is 4.70. The van der Waals surface area contributed by atoms with Gasteiger partial charge in [0.15, 0.2) is 0 Å². The van der Waals surface area contributed by atoms with Crippen molar-refractivity contribution in [2.24, 2.45) is 0 Å². The highest BCUT2D eigenvalue weighted by Crippen LogP contribution is 2.23. The highest BCUT2D eigenvalue weighted by Gasteiger charge is 2.03. The Morgan fingerprint density at radius 2 is 2.00 bits per heavy atom. The van der Waals surface area contributed by atoms with Gasteiger partial charge >= 0.3 is 0 Å². The van der Waals surface area contributed by atoms with Gasteiger partial charge in [0.05, 0.1) is 5.75 Å². The molecule has 0 radical (unpaired) electrons. The van der Waals surface area contributed by atoms with Gasteiger partial charge in [0.25, 0.3) is 0 Å².